The van der Waals surface area contributed by atoms with E-state index in [1.165, 1.54) is 0 Å². The molecule has 0 radical (unpaired) electrons. The van der Waals surface area contributed by atoms with Crippen LogP contribution < -0.4 is 9.47 Å². The third kappa shape index (κ3) is 4.73. The Bertz CT molecular complexity index is 1310. The molecule has 0 unspecified atom stereocenters. The van der Waals surface area contributed by atoms with Gasteiger partial charge in [0.1, 0.15) is 23.9 Å². The molecule has 1 aromatic heterocycles. The smallest absolute Gasteiger partial charge is 0.128 e. The van der Waals surface area contributed by atoms with Crippen molar-refractivity contribution in [1.29, 1.82) is 0 Å². The molecular weight excluding hydrogens is 436 g/mol. The molecule has 0 fully saturated rings. The highest BCUT2D eigenvalue weighted by molar-refractivity contribution is 6.30. The Morgan fingerprint density at radius 1 is 1.06 bits per heavy atom. The van der Waals surface area contributed by atoms with Gasteiger partial charge in [0.25, 0.3) is 0 Å². The number of aryl methyl sites for hydroxylation is 1. The quantitative estimate of drug-likeness (QED) is 0.332. The van der Waals surface area contributed by atoms with Crippen molar-refractivity contribution < 1.29 is 14.6 Å². The molecule has 5 nitrogen and oxygen atoms in total. The molecule has 0 amide bonds. The van der Waals surface area contributed by atoms with Crippen LogP contribution in [0.25, 0.3) is 28.0 Å². The molecule has 0 atom stereocenters. The maximum atomic E-state index is 10.9. The number of hydrogen-bond acceptors (Lipinski definition) is 4. The maximum Gasteiger partial charge on any atom is 0.128 e. The monoisotopic (exact) mass is 460 g/mol. The van der Waals surface area contributed by atoms with Crippen molar-refractivity contribution >= 4 is 17.2 Å². The molecule has 0 saturated heterocycles. The predicted octanol–water partition coefficient (Wildman–Crippen LogP) is 6.73. The summed E-state index contributed by atoms with van der Waals surface area (Å²) >= 11 is 5.94. The van der Waals surface area contributed by atoms with Gasteiger partial charge in [-0.3, -0.25) is 4.68 Å². The summed E-state index contributed by atoms with van der Waals surface area (Å²) in [4.78, 5) is 0. The molecule has 0 spiro atoms. The largest absolute Gasteiger partial charge is 0.507 e. The van der Waals surface area contributed by atoms with E-state index in [2.05, 4.69) is 11.7 Å². The molecule has 0 aliphatic carbocycles. The Morgan fingerprint density at radius 3 is 2.48 bits per heavy atom. The third-order valence-electron chi connectivity index (χ3n) is 5.35. The summed E-state index contributed by atoms with van der Waals surface area (Å²) in [5.41, 5.74) is 5.82. The topological polar surface area (TPSA) is 56.5 Å². The zero-order chi connectivity index (χ0) is 23.5. The number of nitrogens with zero attached hydrogens (tertiary/aromatic N) is 2. The maximum absolute atomic E-state index is 10.9. The van der Waals surface area contributed by atoms with Gasteiger partial charge in [-0.25, -0.2) is 0 Å². The van der Waals surface area contributed by atoms with E-state index in [9.17, 15) is 5.11 Å². The first-order chi connectivity index (χ1) is 15.9. The lowest BCUT2D eigenvalue weighted by Gasteiger charge is -2.13. The van der Waals surface area contributed by atoms with Crippen molar-refractivity contribution in [2.45, 2.75) is 13.5 Å². The van der Waals surface area contributed by atoms with Crippen LogP contribution in [0.4, 0.5) is 0 Å². The van der Waals surface area contributed by atoms with Crippen LogP contribution >= 0.6 is 11.6 Å². The summed E-state index contributed by atoms with van der Waals surface area (Å²) < 4.78 is 13.0. The number of halogens is 1. The molecule has 4 rings (SSSR count). The number of phenols is 1. The van der Waals surface area contributed by atoms with Crippen molar-refractivity contribution in [3.8, 4) is 39.6 Å². The lowest BCUT2D eigenvalue weighted by atomic mass is 9.96. The molecule has 168 valence electrons. The van der Waals surface area contributed by atoms with Crippen molar-refractivity contribution in [2.75, 3.05) is 7.11 Å². The highest BCUT2D eigenvalue weighted by Crippen LogP contribution is 2.42. The lowest BCUT2D eigenvalue weighted by molar-refractivity contribution is 0.304. The number of aromatic nitrogens is 2. The number of phenolic OH excluding ortho intramolecular Hbond substituents is 1. The number of allylic oxidation sites excluding steroid dienone is 1. The number of rotatable bonds is 7. The van der Waals surface area contributed by atoms with Crippen LogP contribution in [-0.4, -0.2) is 22.0 Å². The molecule has 33 heavy (non-hydrogen) atoms. The molecule has 6 heteroatoms. The SMILES string of the molecule is C=C(C)c1nn(C)c(-c2ccc(OCc3ccc(Cl)cc3)cc2O)c1-c1cccc(OC)c1. The Kier molecular flexibility index (Phi) is 6.43. The fraction of sp³-hybridized carbons (Fsp3) is 0.148. The number of ether oxygens (including phenoxy) is 2. The van der Waals surface area contributed by atoms with Gasteiger partial charge in [0, 0.05) is 29.3 Å². The van der Waals surface area contributed by atoms with Gasteiger partial charge in [-0.05, 0) is 60.0 Å². The number of hydrogen-bond donors (Lipinski definition) is 1. The normalized spacial score (nSPS) is 10.8. The molecule has 0 saturated carbocycles. The zero-order valence-electron chi connectivity index (χ0n) is 18.8. The fourth-order valence-corrected chi connectivity index (χ4v) is 3.86. The van der Waals surface area contributed by atoms with Gasteiger partial charge in [-0.1, -0.05) is 42.4 Å². The summed E-state index contributed by atoms with van der Waals surface area (Å²) in [7, 11) is 3.49. The second-order valence-electron chi connectivity index (χ2n) is 7.80. The molecule has 3 aromatic carbocycles. The second kappa shape index (κ2) is 9.43. The molecule has 0 aliphatic rings. The van der Waals surface area contributed by atoms with Crippen LogP contribution in [-0.2, 0) is 13.7 Å². The summed E-state index contributed by atoms with van der Waals surface area (Å²) in [5, 5.41) is 16.3. The average Bonchev–Trinajstić information content (AvgIpc) is 3.16. The first-order valence-electron chi connectivity index (χ1n) is 10.5. The number of methoxy groups -OCH3 is 1. The van der Waals surface area contributed by atoms with Crippen molar-refractivity contribution in [3.05, 3.63) is 89.6 Å². The van der Waals surface area contributed by atoms with Crippen LogP contribution in [0.2, 0.25) is 5.02 Å². The molecular formula is C27H25ClN2O3. The van der Waals surface area contributed by atoms with Crippen LogP contribution in [0.3, 0.4) is 0 Å². The van der Waals surface area contributed by atoms with Crippen LogP contribution in [0.1, 0.15) is 18.2 Å². The Balaban J connectivity index is 1.72. The van der Waals surface area contributed by atoms with Crippen molar-refractivity contribution in [1.82, 2.24) is 9.78 Å². The zero-order valence-corrected chi connectivity index (χ0v) is 19.6. The average molecular weight is 461 g/mol. The fourth-order valence-electron chi connectivity index (χ4n) is 3.73. The van der Waals surface area contributed by atoms with E-state index >= 15 is 0 Å². The lowest BCUT2D eigenvalue weighted by Crippen LogP contribution is -1.97. The molecule has 0 aliphatic heterocycles. The van der Waals surface area contributed by atoms with Gasteiger partial charge in [0.2, 0.25) is 0 Å². The van der Waals surface area contributed by atoms with Gasteiger partial charge in [-0.15, -0.1) is 0 Å². The first kappa shape index (κ1) is 22.5. The van der Waals surface area contributed by atoms with Crippen LogP contribution in [0.15, 0.2) is 73.3 Å². The first-order valence-corrected chi connectivity index (χ1v) is 10.8. The Hall–Kier alpha value is -3.70. The molecule has 0 bridgehead atoms. The van der Waals surface area contributed by atoms with Gasteiger partial charge in [0.15, 0.2) is 0 Å². The second-order valence-corrected chi connectivity index (χ2v) is 8.24. The predicted molar refractivity (Wildman–Crippen MR) is 133 cm³/mol. The minimum atomic E-state index is 0.101. The summed E-state index contributed by atoms with van der Waals surface area (Å²) in [6.07, 6.45) is 0. The van der Waals surface area contributed by atoms with E-state index in [4.69, 9.17) is 21.1 Å². The van der Waals surface area contributed by atoms with Gasteiger partial charge in [-0.2, -0.15) is 5.10 Å². The molecule has 1 N–H and O–H groups in total. The Morgan fingerprint density at radius 2 is 1.82 bits per heavy atom. The van der Waals surface area contributed by atoms with Crippen molar-refractivity contribution in [2.24, 2.45) is 7.05 Å². The van der Waals surface area contributed by atoms with Gasteiger partial charge >= 0.3 is 0 Å². The van der Waals surface area contributed by atoms with Gasteiger partial charge < -0.3 is 14.6 Å². The number of aromatic hydroxyl groups is 1. The van der Waals surface area contributed by atoms with E-state index in [0.29, 0.717) is 22.9 Å². The molecule has 1 heterocycles. The van der Waals surface area contributed by atoms with Gasteiger partial charge in [0.05, 0.1) is 18.5 Å². The van der Waals surface area contributed by atoms with Crippen LogP contribution in [0, 0.1) is 0 Å². The standard InChI is InChI=1S/C27H25ClN2O3/c1-17(2)26-25(19-6-5-7-21(14-19)32-4)27(30(3)29-26)23-13-12-22(15-24(23)31)33-16-18-8-10-20(28)11-9-18/h5-15,31H,1,16H2,2-4H3. The summed E-state index contributed by atoms with van der Waals surface area (Å²) in [6, 6.07) is 20.5. The minimum Gasteiger partial charge on any atom is -0.507 e. The van der Waals surface area contributed by atoms with E-state index < -0.39 is 0 Å². The van der Waals surface area contributed by atoms with Crippen molar-refractivity contribution in [3.63, 3.8) is 0 Å². The highest BCUT2D eigenvalue weighted by Gasteiger charge is 2.22. The van der Waals surface area contributed by atoms with E-state index in [-0.39, 0.29) is 5.75 Å². The third-order valence-corrected chi connectivity index (χ3v) is 5.60. The Labute approximate surface area is 198 Å². The minimum absolute atomic E-state index is 0.101. The summed E-state index contributed by atoms with van der Waals surface area (Å²) in [5.74, 6) is 1.41. The highest BCUT2D eigenvalue weighted by atomic mass is 35.5. The molecule has 4 aromatic rings. The summed E-state index contributed by atoms with van der Waals surface area (Å²) in [6.45, 7) is 6.39. The van der Waals surface area contributed by atoms with E-state index in [1.807, 2.05) is 74.6 Å². The number of benzene rings is 3. The van der Waals surface area contributed by atoms with E-state index in [1.54, 1.807) is 17.9 Å². The van der Waals surface area contributed by atoms with E-state index in [0.717, 1.165) is 39.4 Å². The van der Waals surface area contributed by atoms with Crippen LogP contribution in [0.5, 0.6) is 17.2 Å².